The molecule has 96 valence electrons. The minimum absolute atomic E-state index is 0.320. The Balaban J connectivity index is 1.66. The van der Waals surface area contributed by atoms with Gasteiger partial charge in [0.1, 0.15) is 5.54 Å². The lowest BCUT2D eigenvalue weighted by atomic mass is 10.0. The highest BCUT2D eigenvalue weighted by molar-refractivity contribution is 7.99. The van der Waals surface area contributed by atoms with E-state index in [1.807, 2.05) is 18.7 Å². The Morgan fingerprint density at radius 2 is 2.06 bits per heavy atom. The van der Waals surface area contributed by atoms with Gasteiger partial charge in [-0.25, -0.2) is 0 Å². The molecular weight excluding hydrogens is 232 g/mol. The molecule has 4 heteroatoms. The van der Waals surface area contributed by atoms with Crippen LogP contribution in [-0.2, 0) is 4.74 Å². The second-order valence-corrected chi connectivity index (χ2v) is 6.70. The average molecular weight is 254 g/mol. The van der Waals surface area contributed by atoms with Crippen molar-refractivity contribution in [2.45, 2.75) is 55.9 Å². The van der Waals surface area contributed by atoms with Crippen LogP contribution in [-0.4, -0.2) is 35.8 Å². The normalized spacial score (nSPS) is 25.2. The van der Waals surface area contributed by atoms with Crippen LogP contribution in [0.5, 0.6) is 0 Å². The van der Waals surface area contributed by atoms with Gasteiger partial charge in [-0.3, -0.25) is 5.32 Å². The number of nitriles is 1. The number of hydrogen-bond acceptors (Lipinski definition) is 4. The first-order chi connectivity index (χ1) is 8.22. The SMILES string of the molecule is CC(C#N)(CCSC1CCOCC1)NC1CC1. The van der Waals surface area contributed by atoms with Crippen molar-refractivity contribution in [2.24, 2.45) is 0 Å². The summed E-state index contributed by atoms with van der Waals surface area (Å²) in [5.41, 5.74) is -0.320. The molecule has 1 unspecified atom stereocenters. The largest absolute Gasteiger partial charge is 0.381 e. The number of nitrogens with one attached hydrogen (secondary N) is 1. The van der Waals surface area contributed by atoms with Gasteiger partial charge in [0.15, 0.2) is 0 Å². The van der Waals surface area contributed by atoms with Crippen LogP contribution in [0, 0.1) is 11.3 Å². The van der Waals surface area contributed by atoms with Crippen LogP contribution in [0.2, 0.25) is 0 Å². The fourth-order valence-electron chi connectivity index (χ4n) is 2.11. The third kappa shape index (κ3) is 4.50. The molecule has 1 atom stereocenters. The molecule has 0 bridgehead atoms. The van der Waals surface area contributed by atoms with E-state index in [0.717, 1.165) is 30.6 Å². The molecule has 0 aromatic rings. The molecule has 1 N–H and O–H groups in total. The lowest BCUT2D eigenvalue weighted by molar-refractivity contribution is 0.1000. The molecule has 1 aliphatic carbocycles. The molecule has 2 aliphatic rings. The van der Waals surface area contributed by atoms with Gasteiger partial charge in [-0.05, 0) is 44.8 Å². The second-order valence-electron chi connectivity index (χ2n) is 5.30. The van der Waals surface area contributed by atoms with Gasteiger partial charge in [-0.15, -0.1) is 0 Å². The van der Waals surface area contributed by atoms with E-state index in [1.54, 1.807) is 0 Å². The standard InChI is InChI=1S/C13H22N2OS/c1-13(10-14,15-11-2-3-11)6-9-17-12-4-7-16-8-5-12/h11-12,15H,2-9H2,1H3. The van der Waals surface area contributed by atoms with Crippen molar-refractivity contribution in [3.05, 3.63) is 0 Å². The molecule has 1 saturated carbocycles. The predicted molar refractivity (Wildman–Crippen MR) is 71.1 cm³/mol. The molecule has 3 nitrogen and oxygen atoms in total. The molecule has 2 fully saturated rings. The topological polar surface area (TPSA) is 45.0 Å². The Hall–Kier alpha value is -0.240. The van der Waals surface area contributed by atoms with Crippen LogP contribution in [0.25, 0.3) is 0 Å². The maximum atomic E-state index is 9.26. The van der Waals surface area contributed by atoms with Crippen LogP contribution in [0.3, 0.4) is 0 Å². The van der Waals surface area contributed by atoms with Gasteiger partial charge < -0.3 is 4.74 Å². The Labute approximate surface area is 108 Å². The van der Waals surface area contributed by atoms with Gasteiger partial charge in [0.05, 0.1) is 6.07 Å². The van der Waals surface area contributed by atoms with Crippen molar-refractivity contribution in [3.63, 3.8) is 0 Å². The van der Waals surface area contributed by atoms with E-state index in [-0.39, 0.29) is 5.54 Å². The Bertz CT molecular complexity index is 282. The molecule has 1 aliphatic heterocycles. The van der Waals surface area contributed by atoms with Crippen molar-refractivity contribution in [1.82, 2.24) is 5.32 Å². The second kappa shape index (κ2) is 6.08. The molecule has 0 aromatic heterocycles. The lowest BCUT2D eigenvalue weighted by Gasteiger charge is -2.25. The molecule has 2 rings (SSSR count). The third-order valence-electron chi connectivity index (χ3n) is 3.47. The number of hydrogen-bond donors (Lipinski definition) is 1. The van der Waals surface area contributed by atoms with Gasteiger partial charge in [-0.1, -0.05) is 0 Å². The highest BCUT2D eigenvalue weighted by Crippen LogP contribution is 2.27. The van der Waals surface area contributed by atoms with Gasteiger partial charge >= 0.3 is 0 Å². The van der Waals surface area contributed by atoms with Crippen LogP contribution < -0.4 is 5.32 Å². The molecule has 1 saturated heterocycles. The maximum Gasteiger partial charge on any atom is 0.104 e. The fraction of sp³-hybridized carbons (Fsp3) is 0.923. The zero-order valence-corrected chi connectivity index (χ0v) is 11.4. The van der Waals surface area contributed by atoms with Gasteiger partial charge in [0.25, 0.3) is 0 Å². The predicted octanol–water partition coefficient (Wildman–Crippen LogP) is 2.32. The molecule has 0 radical (unpaired) electrons. The van der Waals surface area contributed by atoms with Crippen molar-refractivity contribution >= 4 is 11.8 Å². The Morgan fingerprint density at radius 1 is 1.35 bits per heavy atom. The molecule has 17 heavy (non-hydrogen) atoms. The maximum absolute atomic E-state index is 9.26. The van der Waals surface area contributed by atoms with Crippen LogP contribution in [0.15, 0.2) is 0 Å². The Morgan fingerprint density at radius 3 is 2.65 bits per heavy atom. The van der Waals surface area contributed by atoms with Crippen LogP contribution >= 0.6 is 11.8 Å². The van der Waals surface area contributed by atoms with E-state index >= 15 is 0 Å². The first kappa shape index (κ1) is 13.2. The zero-order valence-electron chi connectivity index (χ0n) is 10.6. The molecular formula is C13H22N2OS. The van der Waals surface area contributed by atoms with Crippen LogP contribution in [0.4, 0.5) is 0 Å². The summed E-state index contributed by atoms with van der Waals surface area (Å²) < 4.78 is 5.35. The van der Waals surface area contributed by atoms with Crippen molar-refractivity contribution in [3.8, 4) is 6.07 Å². The van der Waals surface area contributed by atoms with Gasteiger partial charge in [0, 0.05) is 24.5 Å². The van der Waals surface area contributed by atoms with E-state index in [0.29, 0.717) is 6.04 Å². The van der Waals surface area contributed by atoms with Crippen LogP contribution in [0.1, 0.15) is 39.0 Å². The van der Waals surface area contributed by atoms with Crippen molar-refractivity contribution < 1.29 is 4.74 Å². The molecule has 1 heterocycles. The monoisotopic (exact) mass is 254 g/mol. The quantitative estimate of drug-likeness (QED) is 0.790. The number of thioether (sulfide) groups is 1. The Kier molecular flexibility index (Phi) is 4.72. The number of ether oxygens (including phenoxy) is 1. The summed E-state index contributed by atoms with van der Waals surface area (Å²) >= 11 is 2.02. The smallest absolute Gasteiger partial charge is 0.104 e. The van der Waals surface area contributed by atoms with E-state index in [2.05, 4.69) is 11.4 Å². The van der Waals surface area contributed by atoms with Gasteiger partial charge in [-0.2, -0.15) is 17.0 Å². The van der Waals surface area contributed by atoms with E-state index in [4.69, 9.17) is 4.74 Å². The van der Waals surface area contributed by atoms with Crippen molar-refractivity contribution in [2.75, 3.05) is 19.0 Å². The summed E-state index contributed by atoms with van der Waals surface area (Å²) in [7, 11) is 0. The zero-order chi connectivity index (χ0) is 12.1. The average Bonchev–Trinajstić information content (AvgIpc) is 3.14. The fourth-order valence-corrected chi connectivity index (χ4v) is 3.50. The summed E-state index contributed by atoms with van der Waals surface area (Å²) in [4.78, 5) is 0. The van der Waals surface area contributed by atoms with Gasteiger partial charge in [0.2, 0.25) is 0 Å². The molecule has 0 spiro atoms. The first-order valence-corrected chi connectivity index (χ1v) is 7.65. The minimum atomic E-state index is -0.320. The summed E-state index contributed by atoms with van der Waals surface area (Å²) in [6.45, 7) is 3.86. The van der Waals surface area contributed by atoms with Crippen molar-refractivity contribution in [1.29, 1.82) is 5.26 Å². The number of nitrogens with zero attached hydrogens (tertiary/aromatic N) is 1. The van der Waals surface area contributed by atoms with E-state index in [9.17, 15) is 5.26 Å². The summed E-state index contributed by atoms with van der Waals surface area (Å²) in [5, 5.41) is 13.5. The summed E-state index contributed by atoms with van der Waals surface area (Å²) in [6, 6.07) is 3.04. The first-order valence-electron chi connectivity index (χ1n) is 6.60. The highest BCUT2D eigenvalue weighted by Gasteiger charge is 2.32. The summed E-state index contributed by atoms with van der Waals surface area (Å²) in [6.07, 6.45) is 5.77. The molecule has 0 amide bonds. The van der Waals surface area contributed by atoms with E-state index < -0.39 is 0 Å². The highest BCUT2D eigenvalue weighted by atomic mass is 32.2. The minimum Gasteiger partial charge on any atom is -0.381 e. The number of rotatable bonds is 6. The molecule has 0 aromatic carbocycles. The lowest BCUT2D eigenvalue weighted by Crippen LogP contribution is -2.43. The third-order valence-corrected chi connectivity index (χ3v) is 4.85. The summed E-state index contributed by atoms with van der Waals surface area (Å²) in [5.74, 6) is 1.08. The van der Waals surface area contributed by atoms with E-state index in [1.165, 1.54) is 25.7 Å².